The quantitative estimate of drug-likeness (QED) is 0.775. The van der Waals surface area contributed by atoms with Gasteiger partial charge in [-0.25, -0.2) is 18.1 Å². The second-order valence-corrected chi connectivity index (χ2v) is 7.39. The largest absolute Gasteiger partial charge is 0.511 e. The monoisotopic (exact) mass is 376 g/mol. The van der Waals surface area contributed by atoms with Gasteiger partial charge in [-0.15, -0.1) is 0 Å². The van der Waals surface area contributed by atoms with Crippen LogP contribution in [0.1, 0.15) is 29.0 Å². The van der Waals surface area contributed by atoms with Gasteiger partial charge < -0.3 is 4.90 Å². The number of halogens is 3. The molecule has 136 valence electrons. The Morgan fingerprint density at radius 1 is 1.24 bits per heavy atom. The third-order valence-corrected chi connectivity index (χ3v) is 5.11. The van der Waals surface area contributed by atoms with Crippen LogP contribution >= 0.6 is 0 Å². The van der Waals surface area contributed by atoms with Crippen molar-refractivity contribution in [2.75, 3.05) is 13.1 Å². The van der Waals surface area contributed by atoms with Crippen LogP contribution in [0.25, 0.3) is 5.65 Å². The second-order valence-electron chi connectivity index (χ2n) is 5.63. The average molecular weight is 376 g/mol. The van der Waals surface area contributed by atoms with E-state index < -0.39 is 15.5 Å². The van der Waals surface area contributed by atoms with E-state index in [1.54, 1.807) is 15.4 Å². The molecule has 0 unspecified atom stereocenters. The number of rotatable bonds is 6. The van der Waals surface area contributed by atoms with Crippen LogP contribution in [-0.4, -0.2) is 47.2 Å². The minimum Gasteiger partial charge on any atom is -0.331 e. The fourth-order valence-electron chi connectivity index (χ4n) is 2.71. The Morgan fingerprint density at radius 3 is 2.72 bits per heavy atom. The van der Waals surface area contributed by atoms with Crippen molar-refractivity contribution in [1.29, 1.82) is 0 Å². The lowest BCUT2D eigenvalue weighted by atomic mass is 10.2. The van der Waals surface area contributed by atoms with Gasteiger partial charge in [0.05, 0.1) is 12.7 Å². The number of nitrogens with zero attached hydrogens (tertiary/aromatic N) is 3. The Kier molecular flexibility index (Phi) is 4.45. The molecule has 2 aromatic rings. The van der Waals surface area contributed by atoms with Crippen molar-refractivity contribution in [3.8, 4) is 0 Å². The highest BCUT2D eigenvalue weighted by Crippen LogP contribution is 2.22. The van der Waals surface area contributed by atoms with Gasteiger partial charge in [0.2, 0.25) is 0 Å². The van der Waals surface area contributed by atoms with Crippen molar-refractivity contribution in [3.05, 3.63) is 35.8 Å². The van der Waals surface area contributed by atoms with E-state index in [1.807, 2.05) is 12.1 Å². The third-order valence-electron chi connectivity index (χ3n) is 3.92. The van der Waals surface area contributed by atoms with Gasteiger partial charge in [0, 0.05) is 18.8 Å². The summed E-state index contributed by atoms with van der Waals surface area (Å²) in [4.78, 5) is 18.2. The molecule has 0 fully saturated rings. The van der Waals surface area contributed by atoms with Gasteiger partial charge in [-0.05, 0) is 25.0 Å². The summed E-state index contributed by atoms with van der Waals surface area (Å²) in [7, 11) is -5.32. The smallest absolute Gasteiger partial charge is 0.331 e. The molecule has 1 amide bonds. The molecule has 3 heterocycles. The molecule has 0 saturated carbocycles. The molecule has 0 aliphatic carbocycles. The maximum atomic E-state index is 12.4. The molecule has 2 aromatic heterocycles. The van der Waals surface area contributed by atoms with Crippen molar-refractivity contribution in [1.82, 2.24) is 19.0 Å². The minimum absolute atomic E-state index is 0.183. The number of carbonyl (C=O) groups is 1. The number of nitrogens with one attached hydrogen (secondary N) is 1. The number of imidazole rings is 1. The Bertz CT molecular complexity index is 908. The van der Waals surface area contributed by atoms with E-state index >= 15 is 0 Å². The summed E-state index contributed by atoms with van der Waals surface area (Å²) in [6.45, 7) is 0.347. The van der Waals surface area contributed by atoms with E-state index in [0.29, 0.717) is 30.9 Å². The first kappa shape index (κ1) is 17.7. The molecule has 0 spiro atoms. The third kappa shape index (κ3) is 3.33. The number of hydrogen-bond acceptors (Lipinski definition) is 4. The molecule has 3 rings (SSSR count). The molecule has 0 bridgehead atoms. The van der Waals surface area contributed by atoms with E-state index in [1.165, 1.54) is 10.9 Å². The molecule has 0 saturated heterocycles. The zero-order chi connectivity index (χ0) is 18.2. The van der Waals surface area contributed by atoms with Crippen LogP contribution in [0.5, 0.6) is 0 Å². The first-order chi connectivity index (χ1) is 11.7. The fraction of sp³-hybridized carbons (Fsp3) is 0.429. The SMILES string of the molecule is O=C1c2cnc3cccc(n23)CN1CCCCNS(=O)(=O)C(F)(F)F. The maximum Gasteiger partial charge on any atom is 0.511 e. The van der Waals surface area contributed by atoms with Crippen LogP contribution in [0.4, 0.5) is 13.2 Å². The van der Waals surface area contributed by atoms with E-state index in [0.717, 1.165) is 5.69 Å². The number of amides is 1. The van der Waals surface area contributed by atoms with Crippen LogP contribution < -0.4 is 4.72 Å². The molecule has 0 radical (unpaired) electrons. The van der Waals surface area contributed by atoms with Crippen LogP contribution in [-0.2, 0) is 16.6 Å². The van der Waals surface area contributed by atoms with Crippen molar-refractivity contribution in [2.45, 2.75) is 24.9 Å². The second kappa shape index (κ2) is 6.30. The lowest BCUT2D eigenvalue weighted by Crippen LogP contribution is -2.38. The number of hydrogen-bond donors (Lipinski definition) is 1. The Hall–Kier alpha value is -2.14. The summed E-state index contributed by atoms with van der Waals surface area (Å²) >= 11 is 0. The van der Waals surface area contributed by atoms with Crippen molar-refractivity contribution < 1.29 is 26.4 Å². The zero-order valence-electron chi connectivity index (χ0n) is 13.0. The van der Waals surface area contributed by atoms with Gasteiger partial charge in [0.25, 0.3) is 5.91 Å². The maximum absolute atomic E-state index is 12.4. The van der Waals surface area contributed by atoms with Crippen molar-refractivity contribution >= 4 is 21.6 Å². The summed E-state index contributed by atoms with van der Waals surface area (Å²) in [5, 5.41) is 0. The standard InChI is InChI=1S/C14H15F3N4O3S/c15-14(16,17)25(23,24)19-6-1-2-7-20-9-10-4-3-5-12-18-8-11(13(20)22)21(10)12/h3-5,8,19H,1-2,6-7,9H2. The average Bonchev–Trinajstić information content (AvgIpc) is 2.96. The highest BCUT2D eigenvalue weighted by Gasteiger charge is 2.45. The fourth-order valence-corrected chi connectivity index (χ4v) is 3.28. The molecular weight excluding hydrogens is 361 g/mol. The van der Waals surface area contributed by atoms with Crippen LogP contribution in [0.2, 0.25) is 0 Å². The molecule has 0 aromatic carbocycles. The van der Waals surface area contributed by atoms with Gasteiger partial charge in [-0.3, -0.25) is 9.20 Å². The van der Waals surface area contributed by atoms with Crippen LogP contribution in [0.15, 0.2) is 24.4 Å². The topological polar surface area (TPSA) is 83.8 Å². The molecule has 1 aliphatic rings. The predicted octanol–water partition coefficient (Wildman–Crippen LogP) is 1.51. The molecule has 25 heavy (non-hydrogen) atoms. The number of sulfonamides is 1. The van der Waals surface area contributed by atoms with E-state index in [-0.39, 0.29) is 18.9 Å². The highest BCUT2D eigenvalue weighted by atomic mass is 32.2. The van der Waals surface area contributed by atoms with Gasteiger partial charge in [-0.1, -0.05) is 6.07 Å². The first-order valence-electron chi connectivity index (χ1n) is 7.51. The van der Waals surface area contributed by atoms with Crippen LogP contribution in [0, 0.1) is 0 Å². The molecule has 1 N–H and O–H groups in total. The Morgan fingerprint density at radius 2 is 2.00 bits per heavy atom. The van der Waals surface area contributed by atoms with Crippen molar-refractivity contribution in [3.63, 3.8) is 0 Å². The lowest BCUT2D eigenvalue weighted by Gasteiger charge is -2.27. The van der Waals surface area contributed by atoms with Crippen LogP contribution in [0.3, 0.4) is 0 Å². The summed E-state index contributed by atoms with van der Waals surface area (Å²) in [6, 6.07) is 5.50. The van der Waals surface area contributed by atoms with Gasteiger partial charge >= 0.3 is 15.5 Å². The molecule has 1 aliphatic heterocycles. The Balaban J connectivity index is 1.55. The molecule has 7 nitrogen and oxygen atoms in total. The summed E-state index contributed by atoms with van der Waals surface area (Å²) in [6.07, 6.45) is 2.05. The highest BCUT2D eigenvalue weighted by molar-refractivity contribution is 7.90. The number of unbranched alkanes of at least 4 members (excludes halogenated alkanes) is 1. The van der Waals surface area contributed by atoms with E-state index in [2.05, 4.69) is 4.98 Å². The summed E-state index contributed by atoms with van der Waals surface area (Å²) in [5.74, 6) is -0.206. The summed E-state index contributed by atoms with van der Waals surface area (Å²) in [5.41, 5.74) is -3.30. The van der Waals surface area contributed by atoms with Crippen molar-refractivity contribution in [2.24, 2.45) is 0 Å². The summed E-state index contributed by atoms with van der Waals surface area (Å²) < 4.78 is 61.6. The molecule has 0 atom stereocenters. The van der Waals surface area contributed by atoms with Gasteiger partial charge in [0.1, 0.15) is 11.3 Å². The predicted molar refractivity (Wildman–Crippen MR) is 82.1 cm³/mol. The van der Waals surface area contributed by atoms with Gasteiger partial charge in [0.15, 0.2) is 0 Å². The first-order valence-corrected chi connectivity index (χ1v) is 8.99. The Labute approximate surface area is 141 Å². The normalized spacial score (nSPS) is 15.2. The molecule has 11 heteroatoms. The van der Waals surface area contributed by atoms with E-state index in [9.17, 15) is 26.4 Å². The number of pyridine rings is 1. The lowest BCUT2D eigenvalue weighted by molar-refractivity contribution is -0.0447. The number of aromatic nitrogens is 2. The van der Waals surface area contributed by atoms with E-state index in [4.69, 9.17) is 0 Å². The van der Waals surface area contributed by atoms with Gasteiger partial charge in [-0.2, -0.15) is 13.2 Å². The number of carbonyl (C=O) groups excluding carboxylic acids is 1. The minimum atomic E-state index is -5.32. The molecular formula is C14H15F3N4O3S. The zero-order valence-corrected chi connectivity index (χ0v) is 13.8. The number of alkyl halides is 3.